The minimum Gasteiger partial charge on any atom is -0.336 e. The Kier molecular flexibility index (Phi) is 7.22. The number of sulfonamides is 1. The zero-order valence-electron chi connectivity index (χ0n) is 18.3. The molecule has 170 valence electrons. The molecule has 1 amide bonds. The number of piperazine rings is 1. The fraction of sp³-hybridized carbons (Fsp3) is 0.192. The molecule has 3 aromatic rings. The molecule has 0 spiro atoms. The van der Waals surface area contributed by atoms with Crippen LogP contribution in [-0.2, 0) is 16.6 Å². The van der Waals surface area contributed by atoms with Gasteiger partial charge in [0.05, 0.1) is 5.41 Å². The van der Waals surface area contributed by atoms with Crippen molar-refractivity contribution in [1.29, 1.82) is 0 Å². The van der Waals surface area contributed by atoms with Crippen LogP contribution in [0.5, 0.6) is 0 Å². The molecule has 0 aromatic heterocycles. The highest BCUT2D eigenvalue weighted by molar-refractivity contribution is 7.95. The Labute approximate surface area is 195 Å². The zero-order chi connectivity index (χ0) is 23.1. The number of nitrogens with one attached hydrogen (secondary N) is 1. The van der Waals surface area contributed by atoms with Crippen molar-refractivity contribution in [3.8, 4) is 0 Å². The number of anilines is 1. The Morgan fingerprint density at radius 2 is 1.42 bits per heavy atom. The Balaban J connectivity index is 1.30. The molecule has 33 heavy (non-hydrogen) atoms. The highest BCUT2D eigenvalue weighted by Gasteiger charge is 2.22. The fourth-order valence-corrected chi connectivity index (χ4v) is 4.61. The first-order valence-corrected chi connectivity index (χ1v) is 12.4. The van der Waals surface area contributed by atoms with E-state index in [0.717, 1.165) is 30.6 Å². The minimum absolute atomic E-state index is 0.0345. The molecule has 0 radical (unpaired) electrons. The molecule has 1 aliphatic heterocycles. The fourth-order valence-electron chi connectivity index (χ4n) is 3.74. The summed E-state index contributed by atoms with van der Waals surface area (Å²) in [6.45, 7) is 3.88. The number of hydrogen-bond acceptors (Lipinski definition) is 4. The summed E-state index contributed by atoms with van der Waals surface area (Å²) in [6.07, 6.45) is 1.54. The van der Waals surface area contributed by atoms with Crippen LogP contribution in [0, 0.1) is 0 Å². The number of carbonyl (C=O) groups excluding carboxylic acids is 1. The van der Waals surface area contributed by atoms with Crippen LogP contribution in [0.25, 0.3) is 6.08 Å². The van der Waals surface area contributed by atoms with Crippen LogP contribution in [-0.4, -0.2) is 50.3 Å². The van der Waals surface area contributed by atoms with Gasteiger partial charge in [-0.25, -0.2) is 8.42 Å². The lowest BCUT2D eigenvalue weighted by molar-refractivity contribution is 0.0628. The van der Waals surface area contributed by atoms with Gasteiger partial charge in [0.2, 0.25) is 0 Å². The van der Waals surface area contributed by atoms with Crippen molar-refractivity contribution < 1.29 is 13.2 Å². The van der Waals surface area contributed by atoms with E-state index >= 15 is 0 Å². The summed E-state index contributed by atoms with van der Waals surface area (Å²) in [6, 6.07) is 26.1. The zero-order valence-corrected chi connectivity index (χ0v) is 19.1. The number of rotatable bonds is 7. The number of carbonyl (C=O) groups is 1. The quantitative estimate of drug-likeness (QED) is 0.576. The van der Waals surface area contributed by atoms with Gasteiger partial charge in [-0.3, -0.25) is 14.4 Å². The summed E-state index contributed by atoms with van der Waals surface area (Å²) in [5, 5.41) is 1.14. The molecule has 0 saturated carbocycles. The first-order chi connectivity index (χ1) is 16.0. The van der Waals surface area contributed by atoms with Gasteiger partial charge in [0.25, 0.3) is 15.9 Å². The third-order valence-corrected chi connectivity index (χ3v) is 6.55. The second kappa shape index (κ2) is 10.5. The lowest BCUT2D eigenvalue weighted by Gasteiger charge is -2.34. The summed E-state index contributed by atoms with van der Waals surface area (Å²) < 4.78 is 27.2. The predicted octanol–water partition coefficient (Wildman–Crippen LogP) is 4.06. The molecular formula is C26H27N3O3S. The van der Waals surface area contributed by atoms with Crippen molar-refractivity contribution in [2.24, 2.45) is 0 Å². The normalized spacial score (nSPS) is 15.0. The third-order valence-electron chi connectivity index (χ3n) is 5.54. The van der Waals surface area contributed by atoms with E-state index in [1.54, 1.807) is 24.3 Å². The highest BCUT2D eigenvalue weighted by atomic mass is 32.2. The monoisotopic (exact) mass is 461 g/mol. The first kappa shape index (κ1) is 22.8. The van der Waals surface area contributed by atoms with Gasteiger partial charge >= 0.3 is 0 Å². The van der Waals surface area contributed by atoms with Crippen LogP contribution in [0.3, 0.4) is 0 Å². The smallest absolute Gasteiger partial charge is 0.255 e. The van der Waals surface area contributed by atoms with E-state index < -0.39 is 10.0 Å². The second-order valence-electron chi connectivity index (χ2n) is 7.99. The largest absolute Gasteiger partial charge is 0.336 e. The topological polar surface area (TPSA) is 69.7 Å². The van der Waals surface area contributed by atoms with E-state index in [2.05, 4.69) is 21.8 Å². The van der Waals surface area contributed by atoms with Gasteiger partial charge in [0, 0.05) is 44.0 Å². The number of benzene rings is 3. The van der Waals surface area contributed by atoms with Crippen LogP contribution in [0.4, 0.5) is 5.69 Å². The van der Waals surface area contributed by atoms with Crippen molar-refractivity contribution in [2.75, 3.05) is 30.9 Å². The van der Waals surface area contributed by atoms with Crippen molar-refractivity contribution in [2.45, 2.75) is 6.54 Å². The molecule has 3 aromatic carbocycles. The molecule has 1 saturated heterocycles. The summed E-state index contributed by atoms with van der Waals surface area (Å²) >= 11 is 0. The number of nitrogens with zero attached hydrogens (tertiary/aromatic N) is 2. The van der Waals surface area contributed by atoms with Gasteiger partial charge in [0.15, 0.2) is 0 Å². The molecule has 1 heterocycles. The summed E-state index contributed by atoms with van der Waals surface area (Å²) in [5.74, 6) is -0.0345. The van der Waals surface area contributed by atoms with E-state index in [1.807, 2.05) is 53.4 Å². The van der Waals surface area contributed by atoms with E-state index in [0.29, 0.717) is 24.3 Å². The molecule has 4 rings (SSSR count). The number of amides is 1. The van der Waals surface area contributed by atoms with Gasteiger partial charge in [-0.15, -0.1) is 0 Å². The van der Waals surface area contributed by atoms with Crippen LogP contribution in [0.2, 0.25) is 0 Å². The van der Waals surface area contributed by atoms with Crippen molar-refractivity contribution in [1.82, 2.24) is 9.80 Å². The van der Waals surface area contributed by atoms with Gasteiger partial charge in [-0.1, -0.05) is 60.7 Å². The Morgan fingerprint density at radius 1 is 0.818 bits per heavy atom. The molecule has 1 N–H and O–H groups in total. The molecule has 6 nitrogen and oxygen atoms in total. The van der Waals surface area contributed by atoms with Crippen LogP contribution < -0.4 is 4.72 Å². The van der Waals surface area contributed by atoms with Gasteiger partial charge < -0.3 is 4.90 Å². The predicted molar refractivity (Wildman–Crippen MR) is 132 cm³/mol. The summed E-state index contributed by atoms with van der Waals surface area (Å²) in [7, 11) is -3.65. The van der Waals surface area contributed by atoms with E-state index in [1.165, 1.54) is 11.6 Å². The maximum absolute atomic E-state index is 12.9. The molecule has 0 aliphatic carbocycles. The van der Waals surface area contributed by atoms with Gasteiger partial charge in [-0.2, -0.15) is 0 Å². The van der Waals surface area contributed by atoms with Gasteiger partial charge in [0.1, 0.15) is 0 Å². The highest BCUT2D eigenvalue weighted by Crippen LogP contribution is 2.16. The van der Waals surface area contributed by atoms with Crippen molar-refractivity contribution in [3.63, 3.8) is 0 Å². The number of hydrogen-bond donors (Lipinski definition) is 1. The summed E-state index contributed by atoms with van der Waals surface area (Å²) in [4.78, 5) is 17.1. The second-order valence-corrected chi connectivity index (χ2v) is 9.56. The Hall–Kier alpha value is -3.42. The van der Waals surface area contributed by atoms with Crippen LogP contribution in [0.1, 0.15) is 21.5 Å². The Morgan fingerprint density at radius 3 is 2.06 bits per heavy atom. The molecule has 0 atom stereocenters. The SMILES string of the molecule is O=C(c1ccc(NS(=O)(=O)/C=C/c2ccccc2)cc1)N1CCN(Cc2ccccc2)CC1. The van der Waals surface area contributed by atoms with Crippen molar-refractivity contribution in [3.05, 3.63) is 107 Å². The van der Waals surface area contributed by atoms with Crippen molar-refractivity contribution >= 4 is 27.7 Å². The molecule has 7 heteroatoms. The van der Waals surface area contributed by atoms with Crippen LogP contribution in [0.15, 0.2) is 90.3 Å². The van der Waals surface area contributed by atoms with E-state index in [4.69, 9.17) is 0 Å². The molecule has 0 unspecified atom stereocenters. The summed E-state index contributed by atoms with van der Waals surface area (Å²) in [5.41, 5.74) is 3.04. The average Bonchev–Trinajstić information content (AvgIpc) is 2.84. The molecule has 1 aliphatic rings. The average molecular weight is 462 g/mol. The lowest BCUT2D eigenvalue weighted by atomic mass is 10.1. The maximum atomic E-state index is 12.9. The first-order valence-electron chi connectivity index (χ1n) is 10.9. The lowest BCUT2D eigenvalue weighted by Crippen LogP contribution is -2.48. The maximum Gasteiger partial charge on any atom is 0.255 e. The molecule has 1 fully saturated rings. The minimum atomic E-state index is -3.65. The standard InChI is InChI=1S/C26H27N3O3S/c30-26(29-18-16-28(17-19-29)21-23-9-5-2-6-10-23)24-11-13-25(14-12-24)27-33(31,32)20-15-22-7-3-1-4-8-22/h1-15,20,27H,16-19,21H2/b20-15+. The van der Waals surface area contributed by atoms with Crippen LogP contribution >= 0.6 is 0 Å². The molecular weight excluding hydrogens is 434 g/mol. The third kappa shape index (κ3) is 6.54. The molecule has 0 bridgehead atoms. The van der Waals surface area contributed by atoms with E-state index in [-0.39, 0.29) is 5.91 Å². The Bertz CT molecular complexity index is 1190. The van der Waals surface area contributed by atoms with E-state index in [9.17, 15) is 13.2 Å². The van der Waals surface area contributed by atoms with Gasteiger partial charge in [-0.05, 0) is 41.5 Å².